The molecule has 0 aliphatic rings. The molecule has 1 aromatic carbocycles. The van der Waals surface area contributed by atoms with Crippen molar-refractivity contribution in [2.45, 2.75) is 12.7 Å². The Morgan fingerprint density at radius 2 is 2.06 bits per heavy atom. The number of rotatable bonds is 2. The Balaban J connectivity index is 2.24. The summed E-state index contributed by atoms with van der Waals surface area (Å²) in [5, 5.41) is 3.74. The first-order chi connectivity index (χ1) is 7.94. The van der Waals surface area contributed by atoms with Crippen LogP contribution in [-0.2, 0) is 6.54 Å². The van der Waals surface area contributed by atoms with Crippen LogP contribution in [0.3, 0.4) is 0 Å². The van der Waals surface area contributed by atoms with E-state index in [0.717, 1.165) is 11.0 Å². The summed E-state index contributed by atoms with van der Waals surface area (Å²) in [5.74, 6) is 0.224. The molecule has 0 aliphatic heterocycles. The minimum Gasteiger partial charge on any atom is -0.399 e. The predicted octanol–water partition coefficient (Wildman–Crippen LogP) is 2.09. The first-order valence-electron chi connectivity index (χ1n) is 4.76. The van der Waals surface area contributed by atoms with Gasteiger partial charge in [-0.2, -0.15) is 18.3 Å². The van der Waals surface area contributed by atoms with Crippen LogP contribution >= 0.6 is 0 Å². The lowest BCUT2D eigenvalue weighted by atomic mass is 10.2. The Kier molecular flexibility index (Phi) is 2.74. The number of alkyl halides is 3. The summed E-state index contributed by atoms with van der Waals surface area (Å²) >= 11 is 0. The molecule has 0 saturated carbocycles. The molecule has 0 radical (unpaired) electrons. The number of halogens is 3. The van der Waals surface area contributed by atoms with E-state index in [1.54, 1.807) is 24.3 Å². The average molecular weight is 242 g/mol. The normalized spacial score (nSPS) is 11.7. The van der Waals surface area contributed by atoms with E-state index in [1.165, 1.54) is 0 Å². The van der Waals surface area contributed by atoms with Crippen LogP contribution in [0.5, 0.6) is 0 Å². The van der Waals surface area contributed by atoms with Gasteiger partial charge in [-0.05, 0) is 12.1 Å². The Morgan fingerprint density at radius 1 is 1.29 bits per heavy atom. The zero-order valence-electron chi connectivity index (χ0n) is 8.65. The van der Waals surface area contributed by atoms with Gasteiger partial charge in [0, 0.05) is 11.3 Å². The topological polar surface area (TPSA) is 56.7 Å². The summed E-state index contributed by atoms with van der Waals surface area (Å²) in [5.41, 5.74) is 6.66. The summed E-state index contributed by atoms with van der Waals surface area (Å²) in [4.78, 5) is 3.81. The van der Waals surface area contributed by atoms with Crippen LogP contribution in [0, 0.1) is 0 Å². The molecule has 0 atom stereocenters. The van der Waals surface area contributed by atoms with Gasteiger partial charge in [0.05, 0.1) is 0 Å². The molecule has 0 unspecified atom stereocenters. The number of hydrogen-bond acceptors (Lipinski definition) is 3. The Hall–Kier alpha value is -2.05. The number of nitrogens with zero attached hydrogens (tertiary/aromatic N) is 3. The third kappa shape index (κ3) is 2.96. The van der Waals surface area contributed by atoms with Gasteiger partial charge >= 0.3 is 6.18 Å². The largest absolute Gasteiger partial charge is 0.408 e. The standard InChI is InChI=1S/C10H9F3N4/c11-10(12,13)5-17-6-15-9(16-17)7-2-1-3-8(14)4-7/h1-4,6H,5,14H2. The van der Waals surface area contributed by atoms with Crippen molar-refractivity contribution in [3.05, 3.63) is 30.6 Å². The molecule has 2 aromatic rings. The number of nitrogen functional groups attached to an aromatic ring is 1. The molecular weight excluding hydrogens is 233 g/mol. The van der Waals surface area contributed by atoms with E-state index in [0.29, 0.717) is 11.3 Å². The lowest BCUT2D eigenvalue weighted by Gasteiger charge is -2.04. The van der Waals surface area contributed by atoms with Gasteiger partial charge in [0.2, 0.25) is 0 Å². The molecule has 0 spiro atoms. The molecule has 7 heteroatoms. The summed E-state index contributed by atoms with van der Waals surface area (Å²) in [6, 6.07) is 6.65. The van der Waals surface area contributed by atoms with E-state index >= 15 is 0 Å². The fraction of sp³-hybridized carbons (Fsp3) is 0.200. The average Bonchev–Trinajstić information content (AvgIpc) is 2.63. The molecule has 4 nitrogen and oxygen atoms in total. The van der Waals surface area contributed by atoms with Crippen molar-refractivity contribution >= 4 is 5.69 Å². The number of hydrogen-bond donors (Lipinski definition) is 1. The highest BCUT2D eigenvalue weighted by Crippen LogP contribution is 2.20. The molecule has 17 heavy (non-hydrogen) atoms. The van der Waals surface area contributed by atoms with Gasteiger partial charge in [-0.3, -0.25) is 0 Å². The molecule has 1 aromatic heterocycles. The van der Waals surface area contributed by atoms with E-state index in [-0.39, 0.29) is 5.82 Å². The van der Waals surface area contributed by atoms with Crippen molar-refractivity contribution in [1.82, 2.24) is 14.8 Å². The maximum absolute atomic E-state index is 12.1. The molecule has 2 N–H and O–H groups in total. The second kappa shape index (κ2) is 4.08. The minimum absolute atomic E-state index is 0.224. The van der Waals surface area contributed by atoms with Crippen molar-refractivity contribution < 1.29 is 13.2 Å². The van der Waals surface area contributed by atoms with Gasteiger partial charge in [0.15, 0.2) is 5.82 Å². The van der Waals surface area contributed by atoms with Crippen molar-refractivity contribution in [3.63, 3.8) is 0 Å². The second-order valence-electron chi connectivity index (χ2n) is 3.51. The van der Waals surface area contributed by atoms with Crippen molar-refractivity contribution in [1.29, 1.82) is 0 Å². The van der Waals surface area contributed by atoms with Crippen LogP contribution < -0.4 is 5.73 Å². The fourth-order valence-corrected chi connectivity index (χ4v) is 1.36. The van der Waals surface area contributed by atoms with Gasteiger partial charge < -0.3 is 5.73 Å². The maximum Gasteiger partial charge on any atom is 0.408 e. The van der Waals surface area contributed by atoms with Crippen molar-refractivity contribution in [2.75, 3.05) is 5.73 Å². The quantitative estimate of drug-likeness (QED) is 0.820. The van der Waals surface area contributed by atoms with Gasteiger partial charge in [0.25, 0.3) is 0 Å². The smallest absolute Gasteiger partial charge is 0.399 e. The minimum atomic E-state index is -4.30. The second-order valence-corrected chi connectivity index (χ2v) is 3.51. The number of anilines is 1. The van der Waals surface area contributed by atoms with E-state index in [1.807, 2.05) is 0 Å². The zero-order chi connectivity index (χ0) is 12.5. The summed E-state index contributed by atoms with van der Waals surface area (Å²) in [6.45, 7) is -1.15. The molecule has 0 bridgehead atoms. The van der Waals surface area contributed by atoms with Gasteiger partial charge in [0.1, 0.15) is 12.9 Å². The first kappa shape index (κ1) is 11.4. The molecule has 90 valence electrons. The molecule has 0 aliphatic carbocycles. The van der Waals surface area contributed by atoms with E-state index in [9.17, 15) is 13.2 Å². The third-order valence-electron chi connectivity index (χ3n) is 2.02. The number of aromatic nitrogens is 3. The summed E-state index contributed by atoms with van der Waals surface area (Å²) < 4.78 is 37.1. The van der Waals surface area contributed by atoms with E-state index in [4.69, 9.17) is 5.73 Å². The SMILES string of the molecule is Nc1cccc(-c2ncn(CC(F)(F)F)n2)c1. The molecule has 2 rings (SSSR count). The Labute approximate surface area is 94.9 Å². The number of benzene rings is 1. The monoisotopic (exact) mass is 242 g/mol. The zero-order valence-corrected chi connectivity index (χ0v) is 8.65. The lowest BCUT2D eigenvalue weighted by Crippen LogP contribution is -2.17. The highest BCUT2D eigenvalue weighted by molar-refractivity contribution is 5.60. The van der Waals surface area contributed by atoms with Crippen molar-refractivity contribution in [3.8, 4) is 11.4 Å². The molecule has 0 saturated heterocycles. The first-order valence-corrected chi connectivity index (χ1v) is 4.76. The Bertz CT molecular complexity index is 518. The molecule has 0 amide bonds. The fourth-order valence-electron chi connectivity index (χ4n) is 1.36. The predicted molar refractivity (Wildman–Crippen MR) is 55.9 cm³/mol. The van der Waals surface area contributed by atoms with Crippen molar-refractivity contribution in [2.24, 2.45) is 0 Å². The van der Waals surface area contributed by atoms with Gasteiger partial charge in [-0.1, -0.05) is 12.1 Å². The van der Waals surface area contributed by atoms with Crippen LogP contribution in [0.1, 0.15) is 0 Å². The van der Waals surface area contributed by atoms with Gasteiger partial charge in [-0.15, -0.1) is 0 Å². The van der Waals surface area contributed by atoms with Crippen LogP contribution in [0.25, 0.3) is 11.4 Å². The third-order valence-corrected chi connectivity index (χ3v) is 2.02. The van der Waals surface area contributed by atoms with Crippen LogP contribution in [0.2, 0.25) is 0 Å². The van der Waals surface area contributed by atoms with Gasteiger partial charge in [-0.25, -0.2) is 9.67 Å². The highest BCUT2D eigenvalue weighted by Gasteiger charge is 2.28. The van der Waals surface area contributed by atoms with Crippen LogP contribution in [0.4, 0.5) is 18.9 Å². The summed E-state index contributed by atoms with van der Waals surface area (Å²) in [7, 11) is 0. The lowest BCUT2D eigenvalue weighted by molar-refractivity contribution is -0.142. The number of nitrogens with two attached hydrogens (primary N) is 1. The van der Waals surface area contributed by atoms with Crippen LogP contribution in [-0.4, -0.2) is 20.9 Å². The van der Waals surface area contributed by atoms with E-state index in [2.05, 4.69) is 10.1 Å². The molecular formula is C10H9F3N4. The van der Waals surface area contributed by atoms with Crippen LogP contribution in [0.15, 0.2) is 30.6 Å². The van der Waals surface area contributed by atoms with E-state index < -0.39 is 12.7 Å². The Morgan fingerprint density at radius 3 is 2.71 bits per heavy atom. The molecule has 0 fully saturated rings. The summed E-state index contributed by atoms with van der Waals surface area (Å²) in [6.07, 6.45) is -3.26. The maximum atomic E-state index is 12.1. The highest BCUT2D eigenvalue weighted by atomic mass is 19.4. The molecule has 1 heterocycles.